The molecule has 0 unspecified atom stereocenters. The number of aliphatic hydroxyl groups excluding tert-OH is 1. The number of carbonyl (C=O) groups excluding carboxylic acids is 2. The molecule has 0 aromatic rings. The number of nitrogens with one attached hydrogen (secondary N) is 1. The Bertz CT molecular complexity index is 1160. The van der Waals surface area contributed by atoms with Crippen molar-refractivity contribution in [3.8, 4) is 0 Å². The smallest absolute Gasteiger partial charge is 0.406 e. The van der Waals surface area contributed by atoms with Gasteiger partial charge in [-0.05, 0) is 91.3 Å². The molecule has 3 saturated carbocycles. The minimum Gasteiger partial charge on any atom is -0.504 e. The van der Waals surface area contributed by atoms with Crippen LogP contribution in [0, 0.1) is 33.0 Å². The van der Waals surface area contributed by atoms with E-state index in [0.717, 1.165) is 43.3 Å². The van der Waals surface area contributed by atoms with Crippen LogP contribution in [-0.2, 0) is 9.53 Å². The highest BCUT2D eigenvalue weighted by Crippen LogP contribution is 2.75. The zero-order valence-electron chi connectivity index (χ0n) is 23.1. The van der Waals surface area contributed by atoms with Gasteiger partial charge in [-0.15, -0.1) is 0 Å². The van der Waals surface area contributed by atoms with Crippen LogP contribution in [0.5, 0.6) is 0 Å². The number of amides is 1. The van der Waals surface area contributed by atoms with Crippen LogP contribution >= 0.6 is 0 Å². The predicted molar refractivity (Wildman–Crippen MR) is 141 cm³/mol. The van der Waals surface area contributed by atoms with Crippen molar-refractivity contribution >= 4 is 11.9 Å². The van der Waals surface area contributed by atoms with E-state index in [1.54, 1.807) is 13.1 Å². The van der Waals surface area contributed by atoms with Crippen LogP contribution in [0.3, 0.4) is 0 Å². The van der Waals surface area contributed by atoms with E-state index < -0.39 is 0 Å². The second-order valence-corrected chi connectivity index (χ2v) is 13.7. The molecule has 1 amide bonds. The molecule has 5 rings (SSSR count). The van der Waals surface area contributed by atoms with E-state index in [9.17, 15) is 14.7 Å². The van der Waals surface area contributed by atoms with Crippen molar-refractivity contribution in [2.24, 2.45) is 33.0 Å². The molecule has 3 fully saturated rings. The van der Waals surface area contributed by atoms with Gasteiger partial charge in [0, 0.05) is 23.5 Å². The number of hydrogen-bond acceptors (Lipinski definition) is 4. The molecule has 2 N–H and O–H groups in total. The van der Waals surface area contributed by atoms with Crippen molar-refractivity contribution in [1.29, 1.82) is 0 Å². The van der Waals surface area contributed by atoms with Crippen LogP contribution in [0.2, 0.25) is 0 Å². The van der Waals surface area contributed by atoms with Gasteiger partial charge in [-0.1, -0.05) is 52.3 Å². The molecule has 5 heteroatoms. The zero-order valence-corrected chi connectivity index (χ0v) is 23.1. The first kappa shape index (κ1) is 25.4. The molecule has 5 aliphatic rings. The molecule has 0 aliphatic heterocycles. The summed E-state index contributed by atoms with van der Waals surface area (Å²) in [6.45, 7) is 14.4. The van der Waals surface area contributed by atoms with Crippen LogP contribution in [0.1, 0.15) is 86.5 Å². The Balaban J connectivity index is 1.55. The molecular weight excluding hydrogens is 450 g/mol. The summed E-state index contributed by atoms with van der Waals surface area (Å²) < 4.78 is 5.60. The van der Waals surface area contributed by atoms with Crippen molar-refractivity contribution in [2.75, 3.05) is 13.7 Å². The highest BCUT2D eigenvalue weighted by Gasteiger charge is 2.66. The highest BCUT2D eigenvalue weighted by atomic mass is 16.5. The quantitative estimate of drug-likeness (QED) is 0.436. The largest absolute Gasteiger partial charge is 0.504 e. The Morgan fingerprint density at radius 3 is 2.44 bits per heavy atom. The average molecular weight is 494 g/mol. The fourth-order valence-corrected chi connectivity index (χ4v) is 8.97. The third kappa shape index (κ3) is 3.26. The van der Waals surface area contributed by atoms with Gasteiger partial charge in [0.15, 0.2) is 5.76 Å². The first-order valence-corrected chi connectivity index (χ1v) is 13.7. The van der Waals surface area contributed by atoms with Crippen LogP contribution in [0.4, 0.5) is 4.79 Å². The topological polar surface area (TPSA) is 75.6 Å². The molecule has 36 heavy (non-hydrogen) atoms. The molecule has 196 valence electrons. The zero-order chi connectivity index (χ0) is 26.3. The van der Waals surface area contributed by atoms with Gasteiger partial charge in [0.05, 0.1) is 6.61 Å². The lowest BCUT2D eigenvalue weighted by molar-refractivity contribution is -0.165. The molecule has 0 spiro atoms. The highest BCUT2D eigenvalue weighted by molar-refractivity contribution is 6.06. The summed E-state index contributed by atoms with van der Waals surface area (Å²) in [5.41, 5.74) is 4.43. The Kier molecular flexibility index (Phi) is 5.53. The Labute approximate surface area is 216 Å². The first-order chi connectivity index (χ1) is 16.7. The Hall–Kier alpha value is -2.30. The van der Waals surface area contributed by atoms with Crippen molar-refractivity contribution in [3.63, 3.8) is 0 Å². The van der Waals surface area contributed by atoms with Crippen LogP contribution in [0.25, 0.3) is 0 Å². The van der Waals surface area contributed by atoms with Crippen LogP contribution in [0.15, 0.2) is 46.3 Å². The standard InChI is InChI=1S/C31H43NO4/c1-19-20-8-9-23-29(4,21(20)16-22(33)25(19)34)13-15-31(6)24-17-27(2,18-36-26(35)32-7)10-11-28(24,3)12-14-30(23,31)5/h8-9,16,24,34H,10-15,17-18H2,1-7H3,(H,32,35)/t24-,27-,28-,29+,30-,31+/m1/s1. The predicted octanol–water partition coefficient (Wildman–Crippen LogP) is 6.97. The molecule has 5 aliphatic carbocycles. The van der Waals surface area contributed by atoms with Gasteiger partial charge in [-0.25, -0.2) is 4.79 Å². The Morgan fingerprint density at radius 2 is 1.75 bits per heavy atom. The molecule has 0 radical (unpaired) electrons. The lowest BCUT2D eigenvalue weighted by atomic mass is 9.34. The number of ketones is 1. The summed E-state index contributed by atoms with van der Waals surface area (Å²) in [7, 11) is 1.61. The second kappa shape index (κ2) is 7.85. The van der Waals surface area contributed by atoms with Crippen molar-refractivity contribution in [3.05, 3.63) is 46.3 Å². The number of alkyl carbamates (subject to hydrolysis) is 1. The van der Waals surface area contributed by atoms with Gasteiger partial charge < -0.3 is 15.2 Å². The van der Waals surface area contributed by atoms with E-state index in [2.05, 4.69) is 52.1 Å². The van der Waals surface area contributed by atoms with Crippen LogP contribution in [-0.4, -0.2) is 30.6 Å². The number of hydrogen-bond donors (Lipinski definition) is 2. The fourth-order valence-electron chi connectivity index (χ4n) is 8.97. The third-order valence-electron chi connectivity index (χ3n) is 11.7. The lowest BCUT2D eigenvalue weighted by Crippen LogP contribution is -2.62. The minimum atomic E-state index is -0.349. The number of carbonyl (C=O) groups is 2. The summed E-state index contributed by atoms with van der Waals surface area (Å²) in [6.07, 6.45) is 13.6. The maximum Gasteiger partial charge on any atom is 0.406 e. The molecule has 0 saturated heterocycles. The first-order valence-electron chi connectivity index (χ1n) is 13.7. The van der Waals surface area contributed by atoms with Gasteiger partial charge in [-0.2, -0.15) is 0 Å². The molecule has 0 aromatic carbocycles. The van der Waals surface area contributed by atoms with Crippen molar-refractivity contribution in [1.82, 2.24) is 5.32 Å². The fraction of sp³-hybridized carbons (Fsp3) is 0.677. The average Bonchev–Trinajstić information content (AvgIpc) is 2.84. The van der Waals surface area contributed by atoms with E-state index in [1.807, 2.05) is 6.92 Å². The molecule has 0 aromatic heterocycles. The molecule has 0 bridgehead atoms. The number of rotatable bonds is 2. The number of allylic oxidation sites excluding steroid dienone is 7. The van der Waals surface area contributed by atoms with Crippen molar-refractivity contribution in [2.45, 2.75) is 86.5 Å². The molecule has 5 nitrogen and oxygen atoms in total. The van der Waals surface area contributed by atoms with Crippen molar-refractivity contribution < 1.29 is 19.4 Å². The van der Waals surface area contributed by atoms with E-state index in [0.29, 0.717) is 18.1 Å². The summed E-state index contributed by atoms with van der Waals surface area (Å²) >= 11 is 0. The summed E-state index contributed by atoms with van der Waals surface area (Å²) in [5, 5.41) is 12.9. The summed E-state index contributed by atoms with van der Waals surface area (Å²) in [6, 6.07) is 0. The molecular formula is C31H43NO4. The SMILES string of the molecule is CNC(=O)OC[C@]1(C)CC[C@]2(C)CC[C@]3(C)C4=CC=C5C(=CC(=O)C(O)=C5C)[C@]4(C)CC[C@@]3(C)[C@@H]2C1. The Morgan fingerprint density at radius 1 is 1.06 bits per heavy atom. The van der Waals surface area contributed by atoms with Gasteiger partial charge >= 0.3 is 6.09 Å². The van der Waals surface area contributed by atoms with Crippen LogP contribution < -0.4 is 5.32 Å². The van der Waals surface area contributed by atoms with E-state index >= 15 is 0 Å². The maximum absolute atomic E-state index is 12.7. The number of fused-ring (bicyclic) bond motifs is 7. The number of ether oxygens (including phenoxy) is 1. The summed E-state index contributed by atoms with van der Waals surface area (Å²) in [5.74, 6) is 0.140. The monoisotopic (exact) mass is 493 g/mol. The van der Waals surface area contributed by atoms with E-state index in [4.69, 9.17) is 4.74 Å². The van der Waals surface area contributed by atoms with Gasteiger partial charge in [0.2, 0.25) is 5.78 Å². The van der Waals surface area contributed by atoms with Gasteiger partial charge in [-0.3, -0.25) is 4.79 Å². The van der Waals surface area contributed by atoms with E-state index in [-0.39, 0.29) is 44.7 Å². The number of aliphatic hydroxyl groups is 1. The van der Waals surface area contributed by atoms with Gasteiger partial charge in [0.25, 0.3) is 0 Å². The normalized spacial score (nSPS) is 43.7. The van der Waals surface area contributed by atoms with E-state index in [1.165, 1.54) is 18.4 Å². The summed E-state index contributed by atoms with van der Waals surface area (Å²) in [4.78, 5) is 24.5. The minimum absolute atomic E-state index is 0.00705. The van der Waals surface area contributed by atoms with Gasteiger partial charge in [0.1, 0.15) is 0 Å². The molecule has 6 atom stereocenters. The second-order valence-electron chi connectivity index (χ2n) is 13.7. The maximum atomic E-state index is 12.7. The molecule has 0 heterocycles. The lowest BCUT2D eigenvalue weighted by Gasteiger charge is -2.70. The third-order valence-corrected chi connectivity index (χ3v) is 11.7.